The number of halogens is 1. The van der Waals surface area contributed by atoms with Gasteiger partial charge in [0.1, 0.15) is 11.5 Å². The molecule has 1 heterocycles. The monoisotopic (exact) mass is 225 g/mol. The number of aromatic nitrogens is 2. The van der Waals surface area contributed by atoms with Crippen molar-refractivity contribution in [2.75, 3.05) is 0 Å². The molecule has 1 rings (SSSR count). The summed E-state index contributed by atoms with van der Waals surface area (Å²) in [6, 6.07) is 2.11. The molecular formula is C11H16ClN3. The summed E-state index contributed by atoms with van der Waals surface area (Å²) in [5, 5.41) is 9.00. The van der Waals surface area contributed by atoms with Crippen LogP contribution >= 0.6 is 11.6 Å². The third-order valence-corrected chi connectivity index (χ3v) is 2.23. The van der Waals surface area contributed by atoms with Crippen LogP contribution in [0.25, 0.3) is 0 Å². The summed E-state index contributed by atoms with van der Waals surface area (Å²) in [4.78, 5) is 7.93. The highest BCUT2D eigenvalue weighted by Gasteiger charge is 2.13. The summed E-state index contributed by atoms with van der Waals surface area (Å²) in [6.07, 6.45) is 1.87. The van der Waals surface area contributed by atoms with Crippen LogP contribution in [-0.4, -0.2) is 9.97 Å². The second-order valence-corrected chi connectivity index (χ2v) is 3.28. The van der Waals surface area contributed by atoms with E-state index in [0.29, 0.717) is 11.6 Å². The van der Waals surface area contributed by atoms with Crippen molar-refractivity contribution in [1.29, 1.82) is 5.26 Å². The van der Waals surface area contributed by atoms with Crippen molar-refractivity contribution in [2.45, 2.75) is 40.0 Å². The molecule has 0 saturated heterocycles. The van der Waals surface area contributed by atoms with E-state index in [9.17, 15) is 0 Å². The molecule has 1 aromatic rings. The standard InChI is InChI=1S/C9H10ClN3.C2H6/c1-6(3-4-11)8-7(2)12-5-13-9(8)10;1-2/h5-6H,3H2,1-2H3;1-2H3/t6-;/m1./s1. The van der Waals surface area contributed by atoms with Crippen molar-refractivity contribution < 1.29 is 0 Å². The van der Waals surface area contributed by atoms with Crippen LogP contribution in [0.4, 0.5) is 0 Å². The Kier molecular flexibility index (Phi) is 6.64. The van der Waals surface area contributed by atoms with Gasteiger partial charge in [-0.1, -0.05) is 32.4 Å². The minimum absolute atomic E-state index is 0.0960. The van der Waals surface area contributed by atoms with Gasteiger partial charge in [-0.15, -0.1) is 0 Å². The molecule has 0 aliphatic heterocycles. The van der Waals surface area contributed by atoms with Gasteiger partial charge in [0.25, 0.3) is 0 Å². The molecule has 1 aromatic heterocycles. The minimum Gasteiger partial charge on any atom is -0.241 e. The zero-order valence-electron chi connectivity index (χ0n) is 9.58. The average molecular weight is 226 g/mol. The van der Waals surface area contributed by atoms with Gasteiger partial charge < -0.3 is 0 Å². The summed E-state index contributed by atoms with van der Waals surface area (Å²) in [6.45, 7) is 7.82. The molecule has 82 valence electrons. The lowest BCUT2D eigenvalue weighted by Gasteiger charge is -2.10. The first-order valence-corrected chi connectivity index (χ1v) is 5.38. The number of rotatable bonds is 2. The maximum atomic E-state index is 8.55. The topological polar surface area (TPSA) is 49.6 Å². The van der Waals surface area contributed by atoms with Crippen LogP contribution in [0, 0.1) is 18.3 Å². The SMILES string of the molecule is CC.Cc1ncnc(Cl)c1[C@H](C)CC#N. The Morgan fingerprint density at radius 3 is 2.53 bits per heavy atom. The summed E-state index contributed by atoms with van der Waals surface area (Å²) >= 11 is 5.90. The smallest absolute Gasteiger partial charge is 0.136 e. The minimum atomic E-state index is 0.0960. The first-order chi connectivity index (χ1) is 7.16. The van der Waals surface area contributed by atoms with Crippen molar-refractivity contribution in [3.05, 3.63) is 22.7 Å². The third kappa shape index (κ3) is 3.85. The normalized spacial score (nSPS) is 10.9. The van der Waals surface area contributed by atoms with Crippen molar-refractivity contribution >= 4 is 11.6 Å². The van der Waals surface area contributed by atoms with Crippen LogP contribution < -0.4 is 0 Å². The van der Waals surface area contributed by atoms with E-state index in [4.69, 9.17) is 16.9 Å². The van der Waals surface area contributed by atoms with Crippen LogP contribution in [0.5, 0.6) is 0 Å². The molecule has 0 aliphatic carbocycles. The lowest BCUT2D eigenvalue weighted by Crippen LogP contribution is -2.00. The maximum Gasteiger partial charge on any atom is 0.136 e. The van der Waals surface area contributed by atoms with Crippen molar-refractivity contribution in [1.82, 2.24) is 9.97 Å². The number of nitriles is 1. The highest BCUT2D eigenvalue weighted by Crippen LogP contribution is 2.26. The molecule has 15 heavy (non-hydrogen) atoms. The first kappa shape index (κ1) is 13.9. The first-order valence-electron chi connectivity index (χ1n) is 5.00. The number of hydrogen-bond donors (Lipinski definition) is 0. The predicted molar refractivity (Wildman–Crippen MR) is 61.8 cm³/mol. The molecule has 3 nitrogen and oxygen atoms in total. The Morgan fingerprint density at radius 1 is 1.47 bits per heavy atom. The average Bonchev–Trinajstić information content (AvgIpc) is 2.21. The Balaban J connectivity index is 0.000000921. The van der Waals surface area contributed by atoms with E-state index in [1.165, 1.54) is 6.33 Å². The fourth-order valence-corrected chi connectivity index (χ4v) is 1.62. The van der Waals surface area contributed by atoms with Gasteiger partial charge in [-0.25, -0.2) is 9.97 Å². The molecule has 4 heteroatoms. The fourth-order valence-electron chi connectivity index (χ4n) is 1.25. The van der Waals surface area contributed by atoms with E-state index in [0.717, 1.165) is 11.3 Å². The van der Waals surface area contributed by atoms with E-state index in [2.05, 4.69) is 16.0 Å². The molecule has 1 atom stereocenters. The highest BCUT2D eigenvalue weighted by molar-refractivity contribution is 6.30. The van der Waals surface area contributed by atoms with Gasteiger partial charge in [0.2, 0.25) is 0 Å². The van der Waals surface area contributed by atoms with Crippen LogP contribution in [-0.2, 0) is 0 Å². The van der Waals surface area contributed by atoms with Crippen LogP contribution in [0.1, 0.15) is 44.4 Å². The quantitative estimate of drug-likeness (QED) is 0.724. The maximum absolute atomic E-state index is 8.55. The summed E-state index contributed by atoms with van der Waals surface area (Å²) < 4.78 is 0. The van der Waals surface area contributed by atoms with Crippen molar-refractivity contribution in [3.63, 3.8) is 0 Å². The molecule has 0 N–H and O–H groups in total. The second-order valence-electron chi connectivity index (χ2n) is 2.93. The lowest BCUT2D eigenvalue weighted by molar-refractivity contribution is 0.765. The van der Waals surface area contributed by atoms with Gasteiger partial charge in [0.05, 0.1) is 6.07 Å². The molecule has 0 aliphatic rings. The summed E-state index contributed by atoms with van der Waals surface area (Å²) in [5.41, 5.74) is 1.73. The second kappa shape index (κ2) is 7.19. The zero-order valence-corrected chi connectivity index (χ0v) is 10.3. The number of nitrogens with zero attached hydrogens (tertiary/aromatic N) is 3. The van der Waals surface area contributed by atoms with Crippen LogP contribution in [0.2, 0.25) is 5.15 Å². The lowest BCUT2D eigenvalue weighted by atomic mass is 9.99. The Labute approximate surface area is 96.1 Å². The zero-order chi connectivity index (χ0) is 11.8. The Hall–Kier alpha value is -1.14. The van der Waals surface area contributed by atoms with Crippen molar-refractivity contribution in [2.24, 2.45) is 0 Å². The molecule has 0 bridgehead atoms. The molecule has 0 spiro atoms. The fraction of sp³-hybridized carbons (Fsp3) is 0.545. The number of aryl methyl sites for hydroxylation is 1. The molecule has 0 unspecified atom stereocenters. The van der Waals surface area contributed by atoms with E-state index >= 15 is 0 Å². The van der Waals surface area contributed by atoms with E-state index in [1.807, 2.05) is 27.7 Å². The summed E-state index contributed by atoms with van der Waals surface area (Å²) in [5.74, 6) is 0.0960. The Bertz CT molecular complexity index is 324. The molecule has 0 saturated carbocycles. The van der Waals surface area contributed by atoms with Gasteiger partial charge in [-0.05, 0) is 12.8 Å². The van der Waals surface area contributed by atoms with Crippen molar-refractivity contribution in [3.8, 4) is 6.07 Å². The van der Waals surface area contributed by atoms with Crippen LogP contribution in [0.3, 0.4) is 0 Å². The number of hydrogen-bond acceptors (Lipinski definition) is 3. The third-order valence-electron chi connectivity index (χ3n) is 1.92. The highest BCUT2D eigenvalue weighted by atomic mass is 35.5. The van der Waals surface area contributed by atoms with Gasteiger partial charge in [0.15, 0.2) is 0 Å². The molecule has 0 fully saturated rings. The van der Waals surface area contributed by atoms with Gasteiger partial charge in [-0.2, -0.15) is 5.26 Å². The Morgan fingerprint density at radius 2 is 2.07 bits per heavy atom. The largest absolute Gasteiger partial charge is 0.241 e. The predicted octanol–water partition coefficient (Wildman–Crippen LogP) is 3.48. The van der Waals surface area contributed by atoms with Gasteiger partial charge in [0, 0.05) is 17.7 Å². The molecular weight excluding hydrogens is 210 g/mol. The van der Waals surface area contributed by atoms with Crippen LogP contribution in [0.15, 0.2) is 6.33 Å². The summed E-state index contributed by atoms with van der Waals surface area (Å²) in [7, 11) is 0. The van der Waals surface area contributed by atoms with E-state index in [1.54, 1.807) is 0 Å². The van der Waals surface area contributed by atoms with Gasteiger partial charge in [-0.3, -0.25) is 0 Å². The molecule has 0 radical (unpaired) electrons. The van der Waals surface area contributed by atoms with E-state index < -0.39 is 0 Å². The molecule has 0 amide bonds. The molecule has 0 aromatic carbocycles. The van der Waals surface area contributed by atoms with Gasteiger partial charge >= 0.3 is 0 Å². The van der Waals surface area contributed by atoms with E-state index in [-0.39, 0.29) is 5.92 Å².